The maximum absolute atomic E-state index is 10.8. The molecule has 2 N–H and O–H groups in total. The number of hydrogen-bond acceptors (Lipinski definition) is 5. The molecule has 1 saturated heterocycles. The first-order chi connectivity index (χ1) is 14.9. The van der Waals surface area contributed by atoms with Gasteiger partial charge in [-0.05, 0) is 37.3 Å². The van der Waals surface area contributed by atoms with Gasteiger partial charge < -0.3 is 14.9 Å². The van der Waals surface area contributed by atoms with Gasteiger partial charge >= 0.3 is 18.1 Å². The molecule has 3 atom stereocenters. The number of carboxylic acid groups (broad SMARTS) is 2. The molecular weight excluding hydrogens is 429 g/mol. The molecule has 1 aromatic rings. The van der Waals surface area contributed by atoms with Crippen LogP contribution in [0.5, 0.6) is 0 Å². The Morgan fingerprint density at radius 2 is 1.88 bits per heavy atom. The third-order valence-electron chi connectivity index (χ3n) is 6.04. The number of rotatable bonds is 6. The third kappa shape index (κ3) is 7.75. The summed E-state index contributed by atoms with van der Waals surface area (Å²) in [6.07, 6.45) is -1.35. The number of morpholine rings is 1. The smallest absolute Gasteiger partial charge is 0.480 e. The topological polar surface area (TPSA) is 90.3 Å². The van der Waals surface area contributed by atoms with Crippen LogP contribution in [0.3, 0.4) is 0 Å². The maximum Gasteiger partial charge on any atom is 0.490 e. The van der Waals surface area contributed by atoms with Gasteiger partial charge in [0.1, 0.15) is 0 Å². The van der Waals surface area contributed by atoms with Crippen LogP contribution in [0.15, 0.2) is 30.3 Å². The van der Waals surface area contributed by atoms with Gasteiger partial charge in [0.25, 0.3) is 0 Å². The second kappa shape index (κ2) is 11.1. The number of ether oxygens (including phenoxy) is 1. The zero-order chi connectivity index (χ0) is 23.9. The lowest BCUT2D eigenvalue weighted by Gasteiger charge is -2.38. The van der Waals surface area contributed by atoms with E-state index < -0.39 is 18.1 Å². The maximum atomic E-state index is 10.8. The normalized spacial score (nSPS) is 26.4. The molecule has 2 aliphatic rings. The van der Waals surface area contributed by atoms with Crippen LogP contribution in [0.1, 0.15) is 31.7 Å². The standard InChI is InChI=1S/C20H30N2O3.C2HF3O2/c1-20(16-6-4-3-5-7-16)9-8-17(12-20)22-10-11-25-18(14-22)13-21(2)15-19(23)24;3-2(4,5)1(6)7/h3-7,17-18H,8-15H2,1-2H3,(H,23,24);(H,6,7). The monoisotopic (exact) mass is 460 g/mol. The molecule has 0 spiro atoms. The van der Waals surface area contributed by atoms with E-state index >= 15 is 0 Å². The zero-order valence-electron chi connectivity index (χ0n) is 18.3. The lowest BCUT2D eigenvalue weighted by molar-refractivity contribution is -0.192. The Morgan fingerprint density at radius 3 is 2.44 bits per heavy atom. The van der Waals surface area contributed by atoms with Crippen LogP contribution < -0.4 is 0 Å². The molecule has 1 aliphatic carbocycles. The van der Waals surface area contributed by atoms with Gasteiger partial charge in [0.15, 0.2) is 0 Å². The van der Waals surface area contributed by atoms with E-state index in [0.29, 0.717) is 12.6 Å². The van der Waals surface area contributed by atoms with Gasteiger partial charge in [0.2, 0.25) is 0 Å². The van der Waals surface area contributed by atoms with E-state index in [9.17, 15) is 18.0 Å². The van der Waals surface area contributed by atoms with Gasteiger partial charge in [-0.2, -0.15) is 13.2 Å². The SMILES string of the molecule is CN(CC(=O)O)CC1CN(C2CCC(C)(c3ccccc3)C2)CCO1.O=C(O)C(F)(F)F. The summed E-state index contributed by atoms with van der Waals surface area (Å²) in [6, 6.07) is 11.5. The zero-order valence-corrected chi connectivity index (χ0v) is 18.3. The molecule has 1 heterocycles. The predicted octanol–water partition coefficient (Wildman–Crippen LogP) is 2.85. The summed E-state index contributed by atoms with van der Waals surface area (Å²) in [7, 11) is 1.85. The Labute approximate surface area is 185 Å². The Kier molecular flexibility index (Phi) is 9.06. The number of nitrogens with zero attached hydrogens (tertiary/aromatic N) is 2. The van der Waals surface area contributed by atoms with Crippen LogP contribution >= 0.6 is 0 Å². The summed E-state index contributed by atoms with van der Waals surface area (Å²) in [5.74, 6) is -3.54. The van der Waals surface area contributed by atoms with Crippen molar-refractivity contribution in [2.75, 3.05) is 39.8 Å². The molecule has 0 amide bonds. The van der Waals surface area contributed by atoms with Crippen LogP contribution in [-0.4, -0.2) is 90.1 Å². The molecule has 0 aromatic heterocycles. The molecule has 32 heavy (non-hydrogen) atoms. The highest BCUT2D eigenvalue weighted by molar-refractivity contribution is 5.73. The molecule has 10 heteroatoms. The van der Waals surface area contributed by atoms with Crippen molar-refractivity contribution in [2.45, 2.75) is 49.9 Å². The summed E-state index contributed by atoms with van der Waals surface area (Å²) >= 11 is 0. The molecule has 1 saturated carbocycles. The average molecular weight is 460 g/mol. The van der Waals surface area contributed by atoms with Crippen molar-refractivity contribution < 1.29 is 37.7 Å². The van der Waals surface area contributed by atoms with E-state index in [2.05, 4.69) is 42.2 Å². The number of halogens is 3. The number of likely N-dealkylation sites (N-methyl/N-ethyl adjacent to an activating group) is 1. The highest BCUT2D eigenvalue weighted by atomic mass is 19.4. The van der Waals surface area contributed by atoms with Crippen LogP contribution in [0.4, 0.5) is 13.2 Å². The number of aliphatic carboxylic acids is 2. The van der Waals surface area contributed by atoms with E-state index in [0.717, 1.165) is 19.7 Å². The van der Waals surface area contributed by atoms with Crippen LogP contribution in [0.2, 0.25) is 0 Å². The Bertz CT molecular complexity index is 762. The predicted molar refractivity (Wildman–Crippen MR) is 112 cm³/mol. The number of carbonyl (C=O) groups is 2. The first-order valence-corrected chi connectivity index (χ1v) is 10.5. The van der Waals surface area contributed by atoms with E-state index in [1.54, 1.807) is 0 Å². The highest BCUT2D eigenvalue weighted by Gasteiger charge is 2.40. The van der Waals surface area contributed by atoms with Gasteiger partial charge in [-0.1, -0.05) is 37.3 Å². The Morgan fingerprint density at radius 1 is 1.25 bits per heavy atom. The van der Waals surface area contributed by atoms with Crippen molar-refractivity contribution in [1.29, 1.82) is 0 Å². The molecule has 3 rings (SSSR count). The van der Waals surface area contributed by atoms with E-state index in [-0.39, 0.29) is 18.1 Å². The van der Waals surface area contributed by atoms with Crippen LogP contribution in [-0.2, 0) is 19.7 Å². The molecule has 1 aliphatic heterocycles. The summed E-state index contributed by atoms with van der Waals surface area (Å²) < 4.78 is 37.6. The quantitative estimate of drug-likeness (QED) is 0.675. The van der Waals surface area contributed by atoms with Gasteiger partial charge in [0, 0.05) is 25.7 Å². The first kappa shape index (κ1) is 26.1. The minimum atomic E-state index is -5.08. The summed E-state index contributed by atoms with van der Waals surface area (Å²) in [4.78, 5) is 24.1. The van der Waals surface area contributed by atoms with Crippen LogP contribution in [0.25, 0.3) is 0 Å². The average Bonchev–Trinajstić information content (AvgIpc) is 3.11. The lowest BCUT2D eigenvalue weighted by atomic mass is 9.81. The molecule has 1 aromatic carbocycles. The van der Waals surface area contributed by atoms with E-state index in [1.807, 2.05) is 11.9 Å². The highest BCUT2D eigenvalue weighted by Crippen LogP contribution is 2.42. The molecule has 3 unspecified atom stereocenters. The fourth-order valence-electron chi connectivity index (χ4n) is 4.45. The molecule has 2 fully saturated rings. The summed E-state index contributed by atoms with van der Waals surface area (Å²) in [5.41, 5.74) is 1.71. The number of carboxylic acids is 2. The Balaban J connectivity index is 0.000000451. The minimum absolute atomic E-state index is 0.0648. The largest absolute Gasteiger partial charge is 0.490 e. The van der Waals surface area contributed by atoms with Crippen molar-refractivity contribution in [1.82, 2.24) is 9.80 Å². The first-order valence-electron chi connectivity index (χ1n) is 10.5. The molecule has 0 bridgehead atoms. The van der Waals surface area contributed by atoms with Crippen molar-refractivity contribution in [3.8, 4) is 0 Å². The van der Waals surface area contributed by atoms with Gasteiger partial charge in [0.05, 0.1) is 19.3 Å². The van der Waals surface area contributed by atoms with Gasteiger partial charge in [-0.25, -0.2) is 4.79 Å². The van der Waals surface area contributed by atoms with Crippen molar-refractivity contribution in [3.05, 3.63) is 35.9 Å². The van der Waals surface area contributed by atoms with E-state index in [4.69, 9.17) is 19.7 Å². The van der Waals surface area contributed by atoms with Crippen LogP contribution in [0, 0.1) is 0 Å². The number of alkyl halides is 3. The van der Waals surface area contributed by atoms with Crippen molar-refractivity contribution in [3.63, 3.8) is 0 Å². The minimum Gasteiger partial charge on any atom is -0.480 e. The second-order valence-corrected chi connectivity index (χ2v) is 8.70. The Hall–Kier alpha value is -2.17. The third-order valence-corrected chi connectivity index (χ3v) is 6.04. The van der Waals surface area contributed by atoms with Gasteiger partial charge in [-0.3, -0.25) is 14.6 Å². The fraction of sp³-hybridized carbons (Fsp3) is 0.636. The summed E-state index contributed by atoms with van der Waals surface area (Å²) in [6.45, 7) is 5.75. The van der Waals surface area contributed by atoms with Gasteiger partial charge in [-0.15, -0.1) is 0 Å². The second-order valence-electron chi connectivity index (χ2n) is 8.70. The molecule has 0 radical (unpaired) electrons. The lowest BCUT2D eigenvalue weighted by Crippen LogP contribution is -2.50. The van der Waals surface area contributed by atoms with E-state index in [1.165, 1.54) is 24.8 Å². The molecule has 7 nitrogen and oxygen atoms in total. The fourth-order valence-corrected chi connectivity index (χ4v) is 4.45. The number of hydrogen-bond donors (Lipinski definition) is 2. The molecule has 180 valence electrons. The number of benzene rings is 1. The summed E-state index contributed by atoms with van der Waals surface area (Å²) in [5, 5.41) is 16.0. The van der Waals surface area contributed by atoms with Crippen molar-refractivity contribution in [2.24, 2.45) is 0 Å². The molecular formula is C22H31F3N2O5. The van der Waals surface area contributed by atoms with Crippen molar-refractivity contribution >= 4 is 11.9 Å².